The van der Waals surface area contributed by atoms with Crippen LogP contribution in [0.15, 0.2) is 72.8 Å². The van der Waals surface area contributed by atoms with E-state index in [-0.39, 0.29) is 11.3 Å². The molecule has 0 aliphatic heterocycles. The predicted molar refractivity (Wildman–Crippen MR) is 109 cm³/mol. The SMILES string of the molecule is COc1ccc(C)cc1NC(=O)Oc1ccc(C(=O)C(=O)c2ccccc2)cc1. The van der Waals surface area contributed by atoms with E-state index in [0.29, 0.717) is 17.0 Å². The second kappa shape index (κ2) is 8.84. The van der Waals surface area contributed by atoms with Crippen molar-refractivity contribution in [3.05, 3.63) is 89.5 Å². The summed E-state index contributed by atoms with van der Waals surface area (Å²) in [6.45, 7) is 1.89. The molecular formula is C23H19NO5. The van der Waals surface area contributed by atoms with Crippen LogP contribution in [0.25, 0.3) is 0 Å². The van der Waals surface area contributed by atoms with E-state index in [2.05, 4.69) is 5.32 Å². The number of rotatable bonds is 6. The van der Waals surface area contributed by atoms with Crippen LogP contribution in [-0.4, -0.2) is 24.8 Å². The average molecular weight is 389 g/mol. The van der Waals surface area contributed by atoms with Gasteiger partial charge < -0.3 is 9.47 Å². The molecule has 3 aromatic carbocycles. The quantitative estimate of drug-likeness (QED) is 0.489. The van der Waals surface area contributed by atoms with Gasteiger partial charge in [-0.2, -0.15) is 0 Å². The molecular weight excluding hydrogens is 370 g/mol. The second-order valence-electron chi connectivity index (χ2n) is 6.27. The summed E-state index contributed by atoms with van der Waals surface area (Å²) in [5, 5.41) is 2.62. The minimum atomic E-state index is -0.701. The van der Waals surface area contributed by atoms with Crippen LogP contribution in [0.4, 0.5) is 10.5 Å². The van der Waals surface area contributed by atoms with E-state index in [1.54, 1.807) is 42.5 Å². The van der Waals surface area contributed by atoms with Crippen molar-refractivity contribution in [2.45, 2.75) is 6.92 Å². The van der Waals surface area contributed by atoms with Crippen molar-refractivity contribution in [2.24, 2.45) is 0 Å². The van der Waals surface area contributed by atoms with Gasteiger partial charge in [-0.05, 0) is 48.9 Å². The maximum Gasteiger partial charge on any atom is 0.417 e. The molecule has 6 nitrogen and oxygen atoms in total. The lowest BCUT2D eigenvalue weighted by Crippen LogP contribution is -2.18. The molecule has 0 unspecified atom stereocenters. The molecule has 0 aromatic heterocycles. The summed E-state index contributed by atoms with van der Waals surface area (Å²) < 4.78 is 10.4. The number of ketones is 2. The maximum atomic E-state index is 12.3. The summed E-state index contributed by atoms with van der Waals surface area (Å²) >= 11 is 0. The maximum absolute atomic E-state index is 12.3. The van der Waals surface area contributed by atoms with E-state index in [0.717, 1.165) is 5.56 Å². The number of Topliss-reactive ketones (excluding diaryl/α,β-unsaturated/α-hetero) is 2. The number of carbonyl (C=O) groups is 3. The summed E-state index contributed by atoms with van der Waals surface area (Å²) in [6, 6.07) is 19.5. The molecule has 0 saturated carbocycles. The van der Waals surface area contributed by atoms with Crippen molar-refractivity contribution < 1.29 is 23.9 Å². The van der Waals surface area contributed by atoms with Gasteiger partial charge in [-0.25, -0.2) is 4.79 Å². The number of methoxy groups -OCH3 is 1. The Hall–Kier alpha value is -3.93. The van der Waals surface area contributed by atoms with E-state index < -0.39 is 17.7 Å². The van der Waals surface area contributed by atoms with Gasteiger partial charge in [0.25, 0.3) is 0 Å². The van der Waals surface area contributed by atoms with Crippen molar-refractivity contribution in [1.29, 1.82) is 0 Å². The number of amides is 1. The van der Waals surface area contributed by atoms with Crippen molar-refractivity contribution in [3.8, 4) is 11.5 Å². The Morgan fingerprint density at radius 2 is 1.41 bits per heavy atom. The standard InChI is InChI=1S/C23H19NO5/c1-15-8-13-20(28-2)19(14-15)24-23(27)29-18-11-9-17(10-12-18)22(26)21(25)16-6-4-3-5-7-16/h3-14H,1-2H3,(H,24,27). The van der Waals surface area contributed by atoms with Crippen molar-refractivity contribution in [2.75, 3.05) is 12.4 Å². The molecule has 1 N–H and O–H groups in total. The molecule has 0 heterocycles. The van der Waals surface area contributed by atoms with Crippen molar-refractivity contribution >= 4 is 23.3 Å². The lowest BCUT2D eigenvalue weighted by molar-refractivity contribution is 0.0817. The van der Waals surface area contributed by atoms with Gasteiger partial charge in [0.2, 0.25) is 11.6 Å². The Kier molecular flexibility index (Phi) is 6.04. The number of carbonyl (C=O) groups excluding carboxylic acids is 3. The minimum Gasteiger partial charge on any atom is -0.495 e. The molecule has 3 rings (SSSR count). The molecule has 0 bridgehead atoms. The van der Waals surface area contributed by atoms with Crippen LogP contribution in [-0.2, 0) is 0 Å². The molecule has 0 saturated heterocycles. The third-order valence-corrected chi connectivity index (χ3v) is 4.16. The third kappa shape index (κ3) is 4.87. The Balaban J connectivity index is 1.66. The van der Waals surface area contributed by atoms with E-state index in [1.807, 2.05) is 13.0 Å². The Morgan fingerprint density at radius 1 is 0.793 bits per heavy atom. The summed E-state index contributed by atoms with van der Waals surface area (Å²) in [5.74, 6) is -0.481. The number of ether oxygens (including phenoxy) is 2. The van der Waals surface area contributed by atoms with Crippen LogP contribution in [0.2, 0.25) is 0 Å². The number of aryl methyl sites for hydroxylation is 1. The van der Waals surface area contributed by atoms with Gasteiger partial charge in [0.05, 0.1) is 12.8 Å². The molecule has 0 fully saturated rings. The smallest absolute Gasteiger partial charge is 0.417 e. The molecule has 3 aromatic rings. The van der Waals surface area contributed by atoms with Gasteiger partial charge in [0.1, 0.15) is 11.5 Å². The van der Waals surface area contributed by atoms with E-state index in [9.17, 15) is 14.4 Å². The average Bonchev–Trinajstić information content (AvgIpc) is 2.74. The van der Waals surface area contributed by atoms with Crippen molar-refractivity contribution in [1.82, 2.24) is 0 Å². The van der Waals surface area contributed by atoms with Gasteiger partial charge in [-0.1, -0.05) is 36.4 Å². The van der Waals surface area contributed by atoms with Crippen LogP contribution in [0, 0.1) is 6.92 Å². The zero-order valence-corrected chi connectivity index (χ0v) is 16.0. The first kappa shape index (κ1) is 19.8. The first-order chi connectivity index (χ1) is 14.0. The molecule has 0 radical (unpaired) electrons. The summed E-state index contributed by atoms with van der Waals surface area (Å²) in [5.41, 5.74) is 1.97. The monoisotopic (exact) mass is 389 g/mol. The lowest BCUT2D eigenvalue weighted by Gasteiger charge is -2.11. The molecule has 0 aliphatic rings. The summed E-state index contributed by atoms with van der Waals surface area (Å²) in [4.78, 5) is 36.7. The summed E-state index contributed by atoms with van der Waals surface area (Å²) in [6.07, 6.45) is -0.701. The number of nitrogens with one attached hydrogen (secondary N) is 1. The van der Waals surface area contributed by atoms with Crippen LogP contribution < -0.4 is 14.8 Å². The lowest BCUT2D eigenvalue weighted by atomic mass is 10.0. The van der Waals surface area contributed by atoms with Gasteiger partial charge in [0, 0.05) is 11.1 Å². The second-order valence-corrected chi connectivity index (χ2v) is 6.27. The van der Waals surface area contributed by atoms with Crippen LogP contribution >= 0.6 is 0 Å². The third-order valence-electron chi connectivity index (χ3n) is 4.16. The number of anilines is 1. The number of hydrogen-bond acceptors (Lipinski definition) is 5. The van der Waals surface area contributed by atoms with Gasteiger partial charge in [-0.15, -0.1) is 0 Å². The fourth-order valence-corrected chi connectivity index (χ4v) is 2.69. The zero-order chi connectivity index (χ0) is 20.8. The highest BCUT2D eigenvalue weighted by molar-refractivity contribution is 6.49. The molecule has 146 valence electrons. The molecule has 29 heavy (non-hydrogen) atoms. The number of benzene rings is 3. The normalized spacial score (nSPS) is 10.1. The molecule has 0 spiro atoms. The van der Waals surface area contributed by atoms with Crippen molar-refractivity contribution in [3.63, 3.8) is 0 Å². The largest absolute Gasteiger partial charge is 0.495 e. The van der Waals surface area contributed by atoms with E-state index >= 15 is 0 Å². The zero-order valence-electron chi connectivity index (χ0n) is 16.0. The van der Waals surface area contributed by atoms with Gasteiger partial charge >= 0.3 is 6.09 Å². The van der Waals surface area contributed by atoms with E-state index in [1.165, 1.54) is 31.4 Å². The first-order valence-corrected chi connectivity index (χ1v) is 8.85. The minimum absolute atomic E-state index is 0.215. The molecule has 6 heteroatoms. The van der Waals surface area contributed by atoms with Gasteiger partial charge in [-0.3, -0.25) is 14.9 Å². The first-order valence-electron chi connectivity index (χ1n) is 8.85. The van der Waals surface area contributed by atoms with Gasteiger partial charge in [0.15, 0.2) is 0 Å². The highest BCUT2D eigenvalue weighted by Gasteiger charge is 2.18. The fourth-order valence-electron chi connectivity index (χ4n) is 2.69. The Morgan fingerprint density at radius 3 is 2.03 bits per heavy atom. The van der Waals surface area contributed by atoms with Crippen LogP contribution in [0.3, 0.4) is 0 Å². The predicted octanol–water partition coefficient (Wildman–Crippen LogP) is 4.68. The molecule has 1 amide bonds. The Bertz CT molecular complexity index is 1040. The fraction of sp³-hybridized carbons (Fsp3) is 0.0870. The van der Waals surface area contributed by atoms with Crippen LogP contribution in [0.1, 0.15) is 26.3 Å². The Labute approximate surface area is 168 Å². The summed E-state index contributed by atoms with van der Waals surface area (Å²) in [7, 11) is 1.51. The molecule has 0 atom stereocenters. The highest BCUT2D eigenvalue weighted by atomic mass is 16.6. The van der Waals surface area contributed by atoms with Crippen LogP contribution in [0.5, 0.6) is 11.5 Å². The van der Waals surface area contributed by atoms with E-state index in [4.69, 9.17) is 9.47 Å². The number of hydrogen-bond donors (Lipinski definition) is 1. The highest BCUT2D eigenvalue weighted by Crippen LogP contribution is 2.25. The molecule has 0 aliphatic carbocycles. The topological polar surface area (TPSA) is 81.7 Å².